The number of hydrogen-bond donors (Lipinski definition) is 2. The summed E-state index contributed by atoms with van der Waals surface area (Å²) < 4.78 is 0. The summed E-state index contributed by atoms with van der Waals surface area (Å²) in [5.74, 6) is 0.462. The van der Waals surface area contributed by atoms with E-state index in [4.69, 9.17) is 5.73 Å². The SMILES string of the molecule is Cc1cccc(NC(=O)C2(N)CCC2)n1. The Morgan fingerprint density at radius 2 is 2.27 bits per heavy atom. The average Bonchev–Trinajstić information content (AvgIpc) is 2.14. The summed E-state index contributed by atoms with van der Waals surface area (Å²) in [5.41, 5.74) is 6.11. The molecule has 1 aliphatic rings. The highest BCUT2D eigenvalue weighted by Gasteiger charge is 2.40. The maximum Gasteiger partial charge on any atom is 0.245 e. The first-order chi connectivity index (χ1) is 7.10. The normalized spacial score (nSPS) is 18.0. The van der Waals surface area contributed by atoms with Crippen LogP contribution in [0.25, 0.3) is 0 Å². The van der Waals surface area contributed by atoms with Gasteiger partial charge in [-0.05, 0) is 38.3 Å². The molecule has 1 aliphatic carbocycles. The fourth-order valence-corrected chi connectivity index (χ4v) is 1.64. The summed E-state index contributed by atoms with van der Waals surface area (Å²) >= 11 is 0. The Hall–Kier alpha value is -1.42. The van der Waals surface area contributed by atoms with Crippen LogP contribution in [0.3, 0.4) is 0 Å². The predicted octanol–water partition coefficient (Wildman–Crippen LogP) is 1.21. The number of hydrogen-bond acceptors (Lipinski definition) is 3. The molecule has 4 nitrogen and oxygen atoms in total. The molecule has 0 spiro atoms. The summed E-state index contributed by atoms with van der Waals surface area (Å²) in [6.45, 7) is 1.89. The van der Waals surface area contributed by atoms with Gasteiger partial charge in [-0.15, -0.1) is 0 Å². The minimum atomic E-state index is -0.661. The molecule has 1 aromatic heterocycles. The maximum atomic E-state index is 11.8. The van der Waals surface area contributed by atoms with Crippen molar-refractivity contribution in [2.75, 3.05) is 5.32 Å². The molecule has 0 atom stereocenters. The number of carbonyl (C=O) groups is 1. The number of rotatable bonds is 2. The summed E-state index contributed by atoms with van der Waals surface area (Å²) in [6, 6.07) is 5.52. The molecule has 0 aromatic carbocycles. The van der Waals surface area contributed by atoms with E-state index < -0.39 is 5.54 Å². The molecule has 0 bridgehead atoms. The van der Waals surface area contributed by atoms with Crippen LogP contribution in [0.2, 0.25) is 0 Å². The Balaban J connectivity index is 2.06. The third kappa shape index (κ3) is 1.99. The van der Waals surface area contributed by atoms with E-state index in [9.17, 15) is 4.79 Å². The summed E-state index contributed by atoms with van der Waals surface area (Å²) in [7, 11) is 0. The summed E-state index contributed by atoms with van der Waals surface area (Å²) in [5, 5.41) is 2.75. The van der Waals surface area contributed by atoms with Crippen LogP contribution in [0.5, 0.6) is 0 Å². The molecule has 0 saturated heterocycles. The van der Waals surface area contributed by atoms with Gasteiger partial charge in [0.25, 0.3) is 0 Å². The number of aryl methyl sites for hydroxylation is 1. The van der Waals surface area contributed by atoms with E-state index in [0.29, 0.717) is 5.82 Å². The Morgan fingerprint density at radius 1 is 1.53 bits per heavy atom. The molecule has 1 amide bonds. The number of nitrogens with two attached hydrogens (primary N) is 1. The van der Waals surface area contributed by atoms with Crippen LogP contribution < -0.4 is 11.1 Å². The van der Waals surface area contributed by atoms with Crippen LogP contribution in [-0.4, -0.2) is 16.4 Å². The van der Waals surface area contributed by atoms with E-state index in [0.717, 1.165) is 25.0 Å². The molecule has 1 saturated carbocycles. The van der Waals surface area contributed by atoms with Crippen molar-refractivity contribution in [3.8, 4) is 0 Å². The molecule has 4 heteroatoms. The molecule has 15 heavy (non-hydrogen) atoms. The quantitative estimate of drug-likeness (QED) is 0.762. The number of amides is 1. The van der Waals surface area contributed by atoms with Gasteiger partial charge < -0.3 is 11.1 Å². The molecule has 1 heterocycles. The van der Waals surface area contributed by atoms with Gasteiger partial charge in [0.2, 0.25) is 5.91 Å². The van der Waals surface area contributed by atoms with Gasteiger partial charge >= 0.3 is 0 Å². The molecule has 0 aliphatic heterocycles. The van der Waals surface area contributed by atoms with Crippen molar-refractivity contribution in [3.05, 3.63) is 23.9 Å². The van der Waals surface area contributed by atoms with Crippen molar-refractivity contribution < 1.29 is 4.79 Å². The third-order valence-electron chi connectivity index (χ3n) is 2.83. The lowest BCUT2D eigenvalue weighted by molar-refractivity contribution is -0.123. The van der Waals surface area contributed by atoms with Gasteiger partial charge in [0, 0.05) is 5.69 Å². The number of nitrogens with one attached hydrogen (secondary N) is 1. The van der Waals surface area contributed by atoms with Gasteiger partial charge in [0.1, 0.15) is 5.82 Å². The number of aromatic nitrogens is 1. The molecular formula is C11H15N3O. The fraction of sp³-hybridized carbons (Fsp3) is 0.455. The van der Waals surface area contributed by atoms with Crippen molar-refractivity contribution in [1.82, 2.24) is 4.98 Å². The van der Waals surface area contributed by atoms with Crippen LogP contribution >= 0.6 is 0 Å². The van der Waals surface area contributed by atoms with E-state index in [1.54, 1.807) is 6.07 Å². The molecule has 80 valence electrons. The van der Waals surface area contributed by atoms with Gasteiger partial charge in [0.15, 0.2) is 0 Å². The minimum Gasteiger partial charge on any atom is -0.317 e. The topological polar surface area (TPSA) is 68.0 Å². The highest BCUT2D eigenvalue weighted by molar-refractivity contribution is 5.97. The molecule has 3 N–H and O–H groups in total. The Labute approximate surface area is 88.9 Å². The zero-order chi connectivity index (χ0) is 10.9. The van der Waals surface area contributed by atoms with Crippen LogP contribution in [0.15, 0.2) is 18.2 Å². The van der Waals surface area contributed by atoms with Crippen LogP contribution in [-0.2, 0) is 4.79 Å². The fourth-order valence-electron chi connectivity index (χ4n) is 1.64. The van der Waals surface area contributed by atoms with E-state index in [2.05, 4.69) is 10.3 Å². The van der Waals surface area contributed by atoms with Crippen LogP contribution in [0.1, 0.15) is 25.0 Å². The lowest BCUT2D eigenvalue weighted by Gasteiger charge is -2.35. The second-order valence-corrected chi connectivity index (χ2v) is 4.13. The number of pyridine rings is 1. The van der Waals surface area contributed by atoms with Gasteiger partial charge in [-0.2, -0.15) is 0 Å². The van der Waals surface area contributed by atoms with Crippen LogP contribution in [0.4, 0.5) is 5.82 Å². The van der Waals surface area contributed by atoms with Gasteiger partial charge in [-0.1, -0.05) is 6.07 Å². The number of nitrogens with zero attached hydrogens (tertiary/aromatic N) is 1. The lowest BCUT2D eigenvalue weighted by atomic mass is 9.77. The predicted molar refractivity (Wildman–Crippen MR) is 58.4 cm³/mol. The zero-order valence-corrected chi connectivity index (χ0v) is 8.79. The molecule has 1 fully saturated rings. The largest absolute Gasteiger partial charge is 0.317 e. The average molecular weight is 205 g/mol. The first kappa shape index (κ1) is 10.1. The number of anilines is 1. The van der Waals surface area contributed by atoms with E-state index in [1.807, 2.05) is 19.1 Å². The van der Waals surface area contributed by atoms with E-state index >= 15 is 0 Å². The zero-order valence-electron chi connectivity index (χ0n) is 8.79. The second-order valence-electron chi connectivity index (χ2n) is 4.13. The first-order valence-corrected chi connectivity index (χ1v) is 5.14. The lowest BCUT2D eigenvalue weighted by Crippen LogP contribution is -2.56. The molecule has 0 radical (unpaired) electrons. The van der Waals surface area contributed by atoms with E-state index in [1.165, 1.54) is 0 Å². The molecule has 2 rings (SSSR count). The minimum absolute atomic E-state index is 0.119. The van der Waals surface area contributed by atoms with E-state index in [-0.39, 0.29) is 5.91 Å². The monoisotopic (exact) mass is 205 g/mol. The Bertz CT molecular complexity index is 385. The number of carbonyl (C=O) groups excluding carboxylic acids is 1. The van der Waals surface area contributed by atoms with Gasteiger partial charge in [-0.25, -0.2) is 4.98 Å². The smallest absolute Gasteiger partial charge is 0.245 e. The van der Waals surface area contributed by atoms with Crippen molar-refractivity contribution in [2.24, 2.45) is 5.73 Å². The molecule has 0 unspecified atom stereocenters. The highest BCUT2D eigenvalue weighted by Crippen LogP contribution is 2.29. The Kier molecular flexibility index (Phi) is 2.44. The molecule has 1 aromatic rings. The Morgan fingerprint density at radius 3 is 2.80 bits per heavy atom. The summed E-state index contributed by atoms with van der Waals surface area (Å²) in [4.78, 5) is 15.9. The first-order valence-electron chi connectivity index (χ1n) is 5.14. The van der Waals surface area contributed by atoms with Crippen molar-refractivity contribution in [2.45, 2.75) is 31.7 Å². The van der Waals surface area contributed by atoms with Crippen molar-refractivity contribution in [1.29, 1.82) is 0 Å². The second kappa shape index (κ2) is 3.62. The van der Waals surface area contributed by atoms with Crippen molar-refractivity contribution in [3.63, 3.8) is 0 Å². The summed E-state index contributed by atoms with van der Waals surface area (Å²) in [6.07, 6.45) is 2.57. The molecular weight excluding hydrogens is 190 g/mol. The van der Waals surface area contributed by atoms with Gasteiger partial charge in [0.05, 0.1) is 5.54 Å². The third-order valence-corrected chi connectivity index (χ3v) is 2.83. The van der Waals surface area contributed by atoms with Gasteiger partial charge in [-0.3, -0.25) is 4.79 Å². The highest BCUT2D eigenvalue weighted by atomic mass is 16.2. The standard InChI is InChI=1S/C11H15N3O/c1-8-4-2-5-9(13-8)14-10(15)11(12)6-3-7-11/h2,4-5H,3,6-7,12H2,1H3,(H,13,14,15). The van der Waals surface area contributed by atoms with Crippen LogP contribution in [0, 0.1) is 6.92 Å². The van der Waals surface area contributed by atoms with Crippen molar-refractivity contribution >= 4 is 11.7 Å². The maximum absolute atomic E-state index is 11.8.